The number of nitrogens with two attached hydrogens (primary N) is 1. The van der Waals surface area contributed by atoms with Crippen LogP contribution >= 0.6 is 8.03 Å². The number of hydrogen-bond donors (Lipinski definition) is 2. The predicted molar refractivity (Wildman–Crippen MR) is 41.1 cm³/mol. The molecule has 66 valence electrons. The van der Waals surface area contributed by atoms with Crippen LogP contribution in [-0.4, -0.2) is 30.4 Å². The molecular formula is C5H12NO4P. The Kier molecular flexibility index (Phi) is 5.11. The molecule has 0 fully saturated rings. The third-order valence-corrected chi connectivity index (χ3v) is 1.66. The smallest absolute Gasteiger partial charge is 0.320 e. The van der Waals surface area contributed by atoms with E-state index in [1.165, 1.54) is 6.66 Å². The van der Waals surface area contributed by atoms with Crippen LogP contribution in [0.5, 0.6) is 0 Å². The van der Waals surface area contributed by atoms with Gasteiger partial charge in [0.15, 0.2) is 8.03 Å². The van der Waals surface area contributed by atoms with Crippen molar-refractivity contribution in [1.82, 2.24) is 0 Å². The van der Waals surface area contributed by atoms with Crippen molar-refractivity contribution >= 4 is 14.0 Å². The number of rotatable bonds is 5. The van der Waals surface area contributed by atoms with Gasteiger partial charge in [0.1, 0.15) is 6.04 Å². The SMILES string of the molecule is C[PH](=O)OCCC(N)C(=O)O. The Morgan fingerprint density at radius 3 is 2.73 bits per heavy atom. The molecule has 6 heteroatoms. The summed E-state index contributed by atoms with van der Waals surface area (Å²) in [6, 6.07) is -0.920. The lowest BCUT2D eigenvalue weighted by Gasteiger charge is -2.04. The topological polar surface area (TPSA) is 89.6 Å². The summed E-state index contributed by atoms with van der Waals surface area (Å²) in [5.41, 5.74) is 5.13. The Balaban J connectivity index is 3.39. The standard InChI is InChI=1S/C5H12NO4P/c1-11(9)10-3-2-4(6)5(7)8/h4,11H,2-3,6H2,1H3,(H,7,8). The van der Waals surface area contributed by atoms with Crippen molar-refractivity contribution < 1.29 is 19.0 Å². The van der Waals surface area contributed by atoms with E-state index in [0.717, 1.165) is 0 Å². The fourth-order valence-corrected chi connectivity index (χ4v) is 0.858. The molecule has 0 aliphatic heterocycles. The molecule has 0 aromatic rings. The van der Waals surface area contributed by atoms with Gasteiger partial charge in [-0.15, -0.1) is 0 Å². The zero-order chi connectivity index (χ0) is 8.85. The van der Waals surface area contributed by atoms with Crippen LogP contribution in [0.4, 0.5) is 0 Å². The monoisotopic (exact) mass is 181 g/mol. The molecule has 0 bridgehead atoms. The maximum Gasteiger partial charge on any atom is 0.320 e. The Hall–Kier alpha value is -0.380. The van der Waals surface area contributed by atoms with Crippen LogP contribution in [0, 0.1) is 0 Å². The number of carbonyl (C=O) groups is 1. The van der Waals surface area contributed by atoms with E-state index in [1.807, 2.05) is 0 Å². The highest BCUT2D eigenvalue weighted by atomic mass is 31.1. The molecule has 0 aromatic heterocycles. The molecular weight excluding hydrogens is 169 g/mol. The van der Waals surface area contributed by atoms with Crippen molar-refractivity contribution in [2.24, 2.45) is 5.73 Å². The van der Waals surface area contributed by atoms with Gasteiger partial charge >= 0.3 is 5.97 Å². The Morgan fingerprint density at radius 1 is 1.82 bits per heavy atom. The largest absolute Gasteiger partial charge is 0.480 e. The summed E-state index contributed by atoms with van der Waals surface area (Å²) < 4.78 is 15.0. The number of hydrogen-bond acceptors (Lipinski definition) is 4. The molecule has 2 unspecified atom stereocenters. The van der Waals surface area contributed by atoms with Crippen LogP contribution in [0.25, 0.3) is 0 Å². The minimum Gasteiger partial charge on any atom is -0.480 e. The Bertz CT molecular complexity index is 161. The van der Waals surface area contributed by atoms with E-state index in [1.54, 1.807) is 0 Å². The molecule has 5 nitrogen and oxygen atoms in total. The summed E-state index contributed by atoms with van der Waals surface area (Å²) in [6.07, 6.45) is 0.194. The maximum atomic E-state index is 10.4. The predicted octanol–water partition coefficient (Wildman–Crippen LogP) is -0.0905. The van der Waals surface area contributed by atoms with E-state index < -0.39 is 20.0 Å². The molecule has 0 aromatic carbocycles. The van der Waals surface area contributed by atoms with Gasteiger partial charge in [0, 0.05) is 6.66 Å². The van der Waals surface area contributed by atoms with Crippen LogP contribution in [0.15, 0.2) is 0 Å². The summed E-state index contributed by atoms with van der Waals surface area (Å²) in [5.74, 6) is -1.07. The average Bonchev–Trinajstić information content (AvgIpc) is 1.86. The molecule has 0 spiro atoms. The third-order valence-electron chi connectivity index (χ3n) is 1.05. The minimum absolute atomic E-state index is 0.141. The van der Waals surface area contributed by atoms with Gasteiger partial charge in [-0.3, -0.25) is 9.36 Å². The molecule has 3 N–H and O–H groups in total. The van der Waals surface area contributed by atoms with Crippen LogP contribution < -0.4 is 5.73 Å². The second kappa shape index (κ2) is 5.29. The van der Waals surface area contributed by atoms with E-state index in [2.05, 4.69) is 4.52 Å². The Morgan fingerprint density at radius 2 is 2.36 bits per heavy atom. The van der Waals surface area contributed by atoms with Crippen LogP contribution in [-0.2, 0) is 13.9 Å². The maximum absolute atomic E-state index is 10.4. The van der Waals surface area contributed by atoms with Gasteiger partial charge in [-0.25, -0.2) is 0 Å². The molecule has 0 radical (unpaired) electrons. The first kappa shape index (κ1) is 10.6. The van der Waals surface area contributed by atoms with Gasteiger partial charge in [-0.1, -0.05) is 0 Å². The second-order valence-electron chi connectivity index (χ2n) is 2.07. The highest BCUT2D eigenvalue weighted by Gasteiger charge is 2.10. The fraction of sp³-hybridized carbons (Fsp3) is 0.800. The fourth-order valence-electron chi connectivity index (χ4n) is 0.453. The molecule has 0 saturated carbocycles. The molecule has 0 aliphatic rings. The highest BCUT2D eigenvalue weighted by molar-refractivity contribution is 7.38. The first-order valence-corrected chi connectivity index (χ1v) is 4.97. The lowest BCUT2D eigenvalue weighted by molar-refractivity contribution is -0.138. The van der Waals surface area contributed by atoms with Gasteiger partial charge in [-0.05, 0) is 6.42 Å². The molecule has 0 saturated heterocycles. The third kappa shape index (κ3) is 6.04. The normalized spacial score (nSPS) is 15.8. The first-order chi connectivity index (χ1) is 5.04. The van der Waals surface area contributed by atoms with Gasteiger partial charge in [-0.2, -0.15) is 0 Å². The molecule has 2 atom stereocenters. The second-order valence-corrected chi connectivity index (χ2v) is 3.35. The molecule has 11 heavy (non-hydrogen) atoms. The number of carboxylic acids is 1. The molecule has 0 heterocycles. The number of aliphatic carboxylic acids is 1. The minimum atomic E-state index is -1.95. The van der Waals surface area contributed by atoms with Gasteiger partial charge < -0.3 is 15.4 Å². The van der Waals surface area contributed by atoms with Crippen molar-refractivity contribution in [2.45, 2.75) is 12.5 Å². The van der Waals surface area contributed by atoms with E-state index in [9.17, 15) is 9.36 Å². The summed E-state index contributed by atoms with van der Waals surface area (Å²) in [4.78, 5) is 10.1. The van der Waals surface area contributed by atoms with Crippen LogP contribution in [0.1, 0.15) is 6.42 Å². The van der Waals surface area contributed by atoms with E-state index in [0.29, 0.717) is 0 Å². The molecule has 0 aliphatic carbocycles. The average molecular weight is 181 g/mol. The first-order valence-electron chi connectivity index (χ1n) is 3.15. The zero-order valence-electron chi connectivity index (χ0n) is 6.24. The van der Waals surface area contributed by atoms with Crippen LogP contribution in [0.2, 0.25) is 0 Å². The Labute approximate surface area is 65.4 Å². The van der Waals surface area contributed by atoms with E-state index in [-0.39, 0.29) is 13.0 Å². The van der Waals surface area contributed by atoms with Gasteiger partial charge in [0.25, 0.3) is 0 Å². The lowest BCUT2D eigenvalue weighted by atomic mass is 10.2. The zero-order valence-corrected chi connectivity index (χ0v) is 7.24. The van der Waals surface area contributed by atoms with E-state index in [4.69, 9.17) is 10.8 Å². The van der Waals surface area contributed by atoms with Crippen molar-refractivity contribution in [3.8, 4) is 0 Å². The van der Waals surface area contributed by atoms with Crippen LogP contribution in [0.3, 0.4) is 0 Å². The quantitative estimate of drug-likeness (QED) is 0.578. The molecule has 0 rings (SSSR count). The van der Waals surface area contributed by atoms with Crippen molar-refractivity contribution in [2.75, 3.05) is 13.3 Å². The van der Waals surface area contributed by atoms with Gasteiger partial charge in [0.05, 0.1) is 6.61 Å². The number of carboxylic acid groups (broad SMARTS) is 1. The van der Waals surface area contributed by atoms with Crippen molar-refractivity contribution in [3.63, 3.8) is 0 Å². The van der Waals surface area contributed by atoms with Crippen molar-refractivity contribution in [3.05, 3.63) is 0 Å². The van der Waals surface area contributed by atoms with Gasteiger partial charge in [0.2, 0.25) is 0 Å². The lowest BCUT2D eigenvalue weighted by Crippen LogP contribution is -2.30. The summed E-state index contributed by atoms with van der Waals surface area (Å²) in [7, 11) is -1.95. The summed E-state index contributed by atoms with van der Waals surface area (Å²) >= 11 is 0. The summed E-state index contributed by atoms with van der Waals surface area (Å²) in [6.45, 7) is 1.58. The molecule has 0 amide bonds. The van der Waals surface area contributed by atoms with Crippen molar-refractivity contribution in [1.29, 1.82) is 0 Å². The summed E-state index contributed by atoms with van der Waals surface area (Å²) in [5, 5.41) is 8.30. The highest BCUT2D eigenvalue weighted by Crippen LogP contribution is 2.15. The van der Waals surface area contributed by atoms with E-state index >= 15 is 0 Å².